The molecule has 1 aliphatic heterocycles. The fourth-order valence-electron chi connectivity index (χ4n) is 2.47. The molecule has 3 unspecified atom stereocenters. The number of aliphatic hydroxyl groups excluding tert-OH is 1. The van der Waals surface area contributed by atoms with Crippen LogP contribution in [-0.2, 0) is 0 Å². The quantitative estimate of drug-likeness (QED) is 0.762. The normalized spacial score (nSPS) is 30.4. The van der Waals surface area contributed by atoms with Crippen LogP contribution in [0, 0.1) is 11.3 Å². The standard InChI is InChI=1S/C13H28N2O/c1-10-8-15(7-6-12(10)16)9-13(3,4)11(2)14-5/h10-12,14,16H,6-9H2,1-5H3. The average molecular weight is 228 g/mol. The minimum absolute atomic E-state index is 0.0962. The fraction of sp³-hybridized carbons (Fsp3) is 1.00. The molecule has 3 atom stereocenters. The maximum atomic E-state index is 9.71. The molecule has 0 spiro atoms. The predicted octanol–water partition coefficient (Wildman–Crippen LogP) is 1.32. The summed E-state index contributed by atoms with van der Waals surface area (Å²) in [5.74, 6) is 0.412. The molecular formula is C13H28N2O. The first-order valence-corrected chi connectivity index (χ1v) is 6.44. The lowest BCUT2D eigenvalue weighted by molar-refractivity contribution is 0.0168. The SMILES string of the molecule is CNC(C)C(C)(C)CN1CCC(O)C(C)C1. The monoisotopic (exact) mass is 228 g/mol. The third-order valence-electron chi connectivity index (χ3n) is 4.18. The zero-order chi connectivity index (χ0) is 12.3. The predicted molar refractivity (Wildman–Crippen MR) is 68.5 cm³/mol. The lowest BCUT2D eigenvalue weighted by Gasteiger charge is -2.41. The van der Waals surface area contributed by atoms with Gasteiger partial charge in [-0.3, -0.25) is 0 Å². The van der Waals surface area contributed by atoms with Crippen LogP contribution in [-0.4, -0.2) is 48.8 Å². The van der Waals surface area contributed by atoms with Crippen LogP contribution in [0.2, 0.25) is 0 Å². The van der Waals surface area contributed by atoms with Crippen molar-refractivity contribution in [2.45, 2.75) is 46.3 Å². The summed E-state index contributed by atoms with van der Waals surface area (Å²) in [6.45, 7) is 12.2. The first kappa shape index (κ1) is 13.9. The number of nitrogens with zero attached hydrogens (tertiary/aromatic N) is 1. The van der Waals surface area contributed by atoms with Crippen LogP contribution < -0.4 is 5.32 Å². The molecule has 0 saturated carbocycles. The second-order valence-corrected chi connectivity index (χ2v) is 6.07. The highest BCUT2D eigenvalue weighted by Gasteiger charge is 2.31. The van der Waals surface area contributed by atoms with E-state index in [0.717, 1.165) is 26.1 Å². The van der Waals surface area contributed by atoms with Crippen molar-refractivity contribution in [3.63, 3.8) is 0 Å². The molecule has 0 aromatic heterocycles. The van der Waals surface area contributed by atoms with Gasteiger partial charge in [-0.05, 0) is 31.7 Å². The van der Waals surface area contributed by atoms with E-state index in [0.29, 0.717) is 12.0 Å². The number of aliphatic hydroxyl groups is 1. The van der Waals surface area contributed by atoms with Crippen LogP contribution in [0.4, 0.5) is 0 Å². The molecule has 3 nitrogen and oxygen atoms in total. The molecule has 1 rings (SSSR count). The minimum atomic E-state index is -0.0962. The van der Waals surface area contributed by atoms with E-state index in [-0.39, 0.29) is 11.5 Å². The number of rotatable bonds is 4. The summed E-state index contributed by atoms with van der Waals surface area (Å²) in [7, 11) is 2.02. The Morgan fingerprint density at radius 2 is 2.12 bits per heavy atom. The van der Waals surface area contributed by atoms with E-state index in [1.54, 1.807) is 0 Å². The summed E-state index contributed by atoms with van der Waals surface area (Å²) in [5.41, 5.74) is 0.275. The van der Waals surface area contributed by atoms with Gasteiger partial charge in [-0.2, -0.15) is 0 Å². The molecule has 0 radical (unpaired) electrons. The van der Waals surface area contributed by atoms with Crippen molar-refractivity contribution in [2.75, 3.05) is 26.7 Å². The second-order valence-electron chi connectivity index (χ2n) is 6.07. The fourth-order valence-corrected chi connectivity index (χ4v) is 2.47. The van der Waals surface area contributed by atoms with Crippen LogP contribution in [0.3, 0.4) is 0 Å². The molecule has 1 saturated heterocycles. The number of hydrogen-bond acceptors (Lipinski definition) is 3. The molecule has 96 valence electrons. The number of nitrogens with one attached hydrogen (secondary N) is 1. The lowest BCUT2D eigenvalue weighted by Crippen LogP contribution is -2.50. The van der Waals surface area contributed by atoms with Gasteiger partial charge in [0.2, 0.25) is 0 Å². The van der Waals surface area contributed by atoms with Gasteiger partial charge in [0, 0.05) is 25.7 Å². The Morgan fingerprint density at radius 3 is 2.62 bits per heavy atom. The molecule has 0 aromatic carbocycles. The third kappa shape index (κ3) is 3.44. The van der Waals surface area contributed by atoms with Crippen molar-refractivity contribution in [3.05, 3.63) is 0 Å². The van der Waals surface area contributed by atoms with Crippen LogP contribution in [0.15, 0.2) is 0 Å². The summed E-state index contributed by atoms with van der Waals surface area (Å²) >= 11 is 0. The van der Waals surface area contributed by atoms with Crippen LogP contribution in [0.5, 0.6) is 0 Å². The summed E-state index contributed by atoms with van der Waals surface area (Å²) < 4.78 is 0. The number of likely N-dealkylation sites (tertiary alicyclic amines) is 1. The van der Waals surface area contributed by atoms with Crippen LogP contribution in [0.25, 0.3) is 0 Å². The highest BCUT2D eigenvalue weighted by atomic mass is 16.3. The van der Waals surface area contributed by atoms with E-state index in [1.165, 1.54) is 0 Å². The zero-order valence-corrected chi connectivity index (χ0v) is 11.5. The van der Waals surface area contributed by atoms with Gasteiger partial charge >= 0.3 is 0 Å². The summed E-state index contributed by atoms with van der Waals surface area (Å²) in [6, 6.07) is 0.509. The Morgan fingerprint density at radius 1 is 1.50 bits per heavy atom. The molecule has 0 aliphatic carbocycles. The molecule has 0 bridgehead atoms. The van der Waals surface area contributed by atoms with Gasteiger partial charge in [0.05, 0.1) is 6.10 Å². The molecule has 1 heterocycles. The van der Waals surface area contributed by atoms with Gasteiger partial charge in [0.1, 0.15) is 0 Å². The van der Waals surface area contributed by atoms with Gasteiger partial charge in [-0.1, -0.05) is 20.8 Å². The van der Waals surface area contributed by atoms with Gasteiger partial charge in [-0.25, -0.2) is 0 Å². The van der Waals surface area contributed by atoms with Crippen molar-refractivity contribution in [1.29, 1.82) is 0 Å². The van der Waals surface area contributed by atoms with Crippen LogP contribution >= 0.6 is 0 Å². The average Bonchev–Trinajstić information content (AvgIpc) is 2.22. The second kappa shape index (κ2) is 5.48. The summed E-state index contributed by atoms with van der Waals surface area (Å²) in [4.78, 5) is 2.49. The summed E-state index contributed by atoms with van der Waals surface area (Å²) in [6.07, 6.45) is 0.826. The highest BCUT2D eigenvalue weighted by Crippen LogP contribution is 2.25. The van der Waals surface area contributed by atoms with E-state index in [1.807, 2.05) is 7.05 Å². The smallest absolute Gasteiger partial charge is 0.0590 e. The number of piperidine rings is 1. The van der Waals surface area contributed by atoms with Gasteiger partial charge in [0.25, 0.3) is 0 Å². The maximum absolute atomic E-state index is 9.71. The molecular weight excluding hydrogens is 200 g/mol. The lowest BCUT2D eigenvalue weighted by atomic mass is 9.83. The van der Waals surface area contributed by atoms with Gasteiger partial charge in [-0.15, -0.1) is 0 Å². The van der Waals surface area contributed by atoms with E-state index in [9.17, 15) is 5.11 Å². The van der Waals surface area contributed by atoms with Crippen molar-refractivity contribution in [3.8, 4) is 0 Å². The Kier molecular flexibility index (Phi) is 4.77. The van der Waals surface area contributed by atoms with Gasteiger partial charge < -0.3 is 15.3 Å². The van der Waals surface area contributed by atoms with Crippen molar-refractivity contribution in [1.82, 2.24) is 10.2 Å². The first-order valence-electron chi connectivity index (χ1n) is 6.44. The van der Waals surface area contributed by atoms with Gasteiger partial charge in [0.15, 0.2) is 0 Å². The van der Waals surface area contributed by atoms with E-state index in [2.05, 4.69) is 37.9 Å². The highest BCUT2D eigenvalue weighted by molar-refractivity contribution is 4.86. The Balaban J connectivity index is 2.48. The Labute approximate surface area is 100 Å². The van der Waals surface area contributed by atoms with Crippen LogP contribution in [0.1, 0.15) is 34.1 Å². The molecule has 1 aliphatic rings. The molecule has 1 fully saturated rings. The molecule has 0 amide bonds. The zero-order valence-electron chi connectivity index (χ0n) is 11.5. The maximum Gasteiger partial charge on any atom is 0.0590 e. The first-order chi connectivity index (χ1) is 7.36. The largest absolute Gasteiger partial charge is 0.393 e. The Bertz CT molecular complexity index is 218. The van der Waals surface area contributed by atoms with E-state index >= 15 is 0 Å². The van der Waals surface area contributed by atoms with Crippen molar-refractivity contribution >= 4 is 0 Å². The molecule has 3 heteroatoms. The molecule has 16 heavy (non-hydrogen) atoms. The summed E-state index contributed by atoms with van der Waals surface area (Å²) in [5, 5.41) is 13.0. The molecule has 0 aromatic rings. The molecule has 2 N–H and O–H groups in total. The Hall–Kier alpha value is -0.120. The van der Waals surface area contributed by atoms with Crippen molar-refractivity contribution < 1.29 is 5.11 Å². The van der Waals surface area contributed by atoms with Crippen molar-refractivity contribution in [2.24, 2.45) is 11.3 Å². The topological polar surface area (TPSA) is 35.5 Å². The third-order valence-corrected chi connectivity index (χ3v) is 4.18. The van der Waals surface area contributed by atoms with E-state index in [4.69, 9.17) is 0 Å². The van der Waals surface area contributed by atoms with E-state index < -0.39 is 0 Å². The minimum Gasteiger partial charge on any atom is -0.393 e. The number of hydrogen-bond donors (Lipinski definition) is 2.